The molecule has 2 aliphatic rings. The van der Waals surface area contributed by atoms with Gasteiger partial charge in [-0.25, -0.2) is 4.39 Å². The largest absolute Gasteiger partial charge is 0.311 e. The number of fused-ring (bicyclic) bond motifs is 1. The van der Waals surface area contributed by atoms with Gasteiger partial charge in [0.05, 0.1) is 22.2 Å². The molecule has 0 saturated carbocycles. The van der Waals surface area contributed by atoms with Crippen molar-refractivity contribution in [1.82, 2.24) is 0 Å². The molecule has 0 aromatic heterocycles. The first kappa shape index (κ1) is 19.0. The highest BCUT2D eigenvalue weighted by atomic mass is 19.1. The molecule has 4 rings (SSSR count). The number of nitrogens with zero attached hydrogens (tertiary/aromatic N) is 3. The minimum absolute atomic E-state index is 0.000733. The number of amides is 2. The second kappa shape index (κ2) is 7.23. The number of aryl methyl sites for hydroxylation is 1. The van der Waals surface area contributed by atoms with Crippen LogP contribution in [0.4, 0.5) is 25.8 Å². The molecular formula is C20H17F2N3O4. The van der Waals surface area contributed by atoms with Gasteiger partial charge in [-0.05, 0) is 36.6 Å². The molecule has 1 fully saturated rings. The zero-order valence-electron chi connectivity index (χ0n) is 15.3. The molecule has 150 valence electrons. The molecule has 0 spiro atoms. The van der Waals surface area contributed by atoms with Gasteiger partial charge in [-0.3, -0.25) is 19.7 Å². The van der Waals surface area contributed by atoms with E-state index in [4.69, 9.17) is 0 Å². The predicted molar refractivity (Wildman–Crippen MR) is 101 cm³/mol. The molecule has 2 aliphatic heterocycles. The van der Waals surface area contributed by atoms with E-state index in [9.17, 15) is 28.5 Å². The predicted octanol–water partition coefficient (Wildman–Crippen LogP) is 3.21. The Kier molecular flexibility index (Phi) is 4.73. The lowest BCUT2D eigenvalue weighted by molar-refractivity contribution is -0.387. The first-order chi connectivity index (χ1) is 13.9. The first-order valence-corrected chi connectivity index (χ1v) is 9.20. The summed E-state index contributed by atoms with van der Waals surface area (Å²) in [5, 5.41) is 11.0. The summed E-state index contributed by atoms with van der Waals surface area (Å²) in [5.74, 6) is -2.94. The Morgan fingerprint density at radius 3 is 2.72 bits per heavy atom. The molecule has 1 saturated heterocycles. The van der Waals surface area contributed by atoms with E-state index in [0.29, 0.717) is 19.4 Å². The fourth-order valence-corrected chi connectivity index (χ4v) is 3.98. The maximum Gasteiger partial charge on any atom is 0.306 e. The number of nitro benzene ring substituents is 1. The zero-order chi connectivity index (χ0) is 20.7. The molecule has 0 N–H and O–H groups in total. The monoisotopic (exact) mass is 401 g/mol. The number of para-hydroxylation sites is 1. The normalized spacial score (nSPS) is 18.7. The molecular weight excluding hydrogens is 384 g/mol. The SMILES string of the molecule is O=C1CC(C(=O)N2CCCc3cccc(F)c32)CN1c1ccc(F)c([N+](=O)[O-])c1. The van der Waals surface area contributed by atoms with E-state index in [-0.39, 0.29) is 30.2 Å². The third-order valence-corrected chi connectivity index (χ3v) is 5.35. The summed E-state index contributed by atoms with van der Waals surface area (Å²) < 4.78 is 28.0. The molecule has 29 heavy (non-hydrogen) atoms. The van der Waals surface area contributed by atoms with E-state index >= 15 is 0 Å². The van der Waals surface area contributed by atoms with E-state index in [1.165, 1.54) is 21.9 Å². The fourth-order valence-electron chi connectivity index (χ4n) is 3.98. The molecule has 2 aromatic carbocycles. The van der Waals surface area contributed by atoms with Crippen LogP contribution in [0.25, 0.3) is 0 Å². The second-order valence-corrected chi connectivity index (χ2v) is 7.14. The van der Waals surface area contributed by atoms with Crippen molar-refractivity contribution in [2.75, 3.05) is 22.9 Å². The minimum Gasteiger partial charge on any atom is -0.311 e. The van der Waals surface area contributed by atoms with Crippen molar-refractivity contribution >= 4 is 28.9 Å². The molecule has 0 radical (unpaired) electrons. The Labute approximate surface area is 164 Å². The summed E-state index contributed by atoms with van der Waals surface area (Å²) in [5.41, 5.74) is 0.424. The highest BCUT2D eigenvalue weighted by Crippen LogP contribution is 2.34. The van der Waals surface area contributed by atoms with E-state index in [2.05, 4.69) is 0 Å². The molecule has 9 heteroatoms. The number of nitro groups is 1. The summed E-state index contributed by atoms with van der Waals surface area (Å²) in [6, 6.07) is 7.85. The number of hydrogen-bond acceptors (Lipinski definition) is 4. The quantitative estimate of drug-likeness (QED) is 0.584. The maximum atomic E-state index is 14.4. The van der Waals surface area contributed by atoms with Crippen LogP contribution < -0.4 is 9.80 Å². The van der Waals surface area contributed by atoms with Crippen LogP contribution in [-0.4, -0.2) is 29.8 Å². The molecule has 2 aromatic rings. The number of benzene rings is 2. The Morgan fingerprint density at radius 1 is 1.17 bits per heavy atom. The lowest BCUT2D eigenvalue weighted by Crippen LogP contribution is -2.41. The van der Waals surface area contributed by atoms with Gasteiger partial charge in [-0.1, -0.05) is 12.1 Å². The molecule has 7 nitrogen and oxygen atoms in total. The van der Waals surface area contributed by atoms with Gasteiger partial charge in [0.1, 0.15) is 5.82 Å². The average Bonchev–Trinajstić information content (AvgIpc) is 3.09. The van der Waals surface area contributed by atoms with Crippen LogP contribution in [-0.2, 0) is 16.0 Å². The number of hydrogen-bond donors (Lipinski definition) is 0. The van der Waals surface area contributed by atoms with Crippen molar-refractivity contribution in [2.45, 2.75) is 19.3 Å². The lowest BCUT2D eigenvalue weighted by atomic mass is 9.98. The Bertz CT molecular complexity index is 1030. The third kappa shape index (κ3) is 3.32. The van der Waals surface area contributed by atoms with Crippen molar-refractivity contribution in [3.05, 3.63) is 63.7 Å². The van der Waals surface area contributed by atoms with Crippen LogP contribution in [0.3, 0.4) is 0 Å². The van der Waals surface area contributed by atoms with Gasteiger partial charge in [0.15, 0.2) is 0 Å². The number of halogens is 2. The smallest absolute Gasteiger partial charge is 0.306 e. The van der Waals surface area contributed by atoms with Crippen molar-refractivity contribution < 1.29 is 23.3 Å². The lowest BCUT2D eigenvalue weighted by Gasteiger charge is -2.31. The van der Waals surface area contributed by atoms with Crippen molar-refractivity contribution in [1.29, 1.82) is 0 Å². The Morgan fingerprint density at radius 2 is 1.97 bits per heavy atom. The van der Waals surface area contributed by atoms with Gasteiger partial charge in [0, 0.05) is 25.6 Å². The highest BCUT2D eigenvalue weighted by molar-refractivity contribution is 6.05. The van der Waals surface area contributed by atoms with Gasteiger partial charge in [0.2, 0.25) is 17.6 Å². The van der Waals surface area contributed by atoms with Crippen LogP contribution in [0.1, 0.15) is 18.4 Å². The van der Waals surface area contributed by atoms with Crippen LogP contribution in [0.15, 0.2) is 36.4 Å². The van der Waals surface area contributed by atoms with Crippen molar-refractivity contribution in [2.24, 2.45) is 5.92 Å². The zero-order valence-corrected chi connectivity index (χ0v) is 15.3. The van der Waals surface area contributed by atoms with E-state index < -0.39 is 34.1 Å². The molecule has 1 unspecified atom stereocenters. The van der Waals surface area contributed by atoms with E-state index in [1.54, 1.807) is 12.1 Å². The van der Waals surface area contributed by atoms with Crippen molar-refractivity contribution in [3.8, 4) is 0 Å². The van der Waals surface area contributed by atoms with Gasteiger partial charge in [-0.15, -0.1) is 0 Å². The minimum atomic E-state index is -1.00. The van der Waals surface area contributed by atoms with E-state index in [0.717, 1.165) is 17.7 Å². The molecule has 1 atom stereocenters. The number of carbonyl (C=O) groups excluding carboxylic acids is 2. The number of anilines is 2. The molecule has 0 bridgehead atoms. The van der Waals surface area contributed by atoms with Gasteiger partial charge in [0.25, 0.3) is 0 Å². The molecule has 0 aliphatic carbocycles. The molecule has 2 amide bonds. The van der Waals surface area contributed by atoms with Crippen LogP contribution in [0, 0.1) is 27.7 Å². The number of carbonyl (C=O) groups is 2. The van der Waals surface area contributed by atoms with Crippen LogP contribution in [0.2, 0.25) is 0 Å². The van der Waals surface area contributed by atoms with Gasteiger partial charge < -0.3 is 9.80 Å². The summed E-state index contributed by atoms with van der Waals surface area (Å²) >= 11 is 0. The fraction of sp³-hybridized carbons (Fsp3) is 0.300. The Balaban J connectivity index is 1.59. The highest BCUT2D eigenvalue weighted by Gasteiger charge is 2.39. The summed E-state index contributed by atoms with van der Waals surface area (Å²) in [7, 11) is 0. The first-order valence-electron chi connectivity index (χ1n) is 9.20. The van der Waals surface area contributed by atoms with Crippen LogP contribution in [0.5, 0.6) is 0 Å². The standard InChI is InChI=1S/C20H17F2N3O4/c21-15-7-6-14(10-17(15)25(28)29)24-11-13(9-18(24)26)20(27)23-8-2-4-12-3-1-5-16(22)19(12)23/h1,3,5-7,10,13H,2,4,8-9,11H2. The van der Waals surface area contributed by atoms with Crippen LogP contribution >= 0.6 is 0 Å². The summed E-state index contributed by atoms with van der Waals surface area (Å²) in [4.78, 5) is 38.3. The van der Waals surface area contributed by atoms with E-state index in [1.807, 2.05) is 0 Å². The third-order valence-electron chi connectivity index (χ3n) is 5.35. The summed E-state index contributed by atoms with van der Waals surface area (Å²) in [6.45, 7) is 0.361. The number of rotatable bonds is 3. The molecule has 2 heterocycles. The Hall–Kier alpha value is -3.36. The van der Waals surface area contributed by atoms with Gasteiger partial charge in [-0.2, -0.15) is 4.39 Å². The average molecular weight is 401 g/mol. The van der Waals surface area contributed by atoms with Crippen molar-refractivity contribution in [3.63, 3.8) is 0 Å². The maximum absolute atomic E-state index is 14.4. The summed E-state index contributed by atoms with van der Waals surface area (Å²) in [6.07, 6.45) is 1.27. The van der Waals surface area contributed by atoms with Gasteiger partial charge >= 0.3 is 5.69 Å². The topological polar surface area (TPSA) is 83.8 Å². The second-order valence-electron chi connectivity index (χ2n) is 7.14.